The standard InChI is InChI=1S/C10H8N2O2S/c13-10-14-9(12-15-10)7-3-4-11-8(5-7)6-1-2-6/h3-6H,1-2H2. The number of pyridine rings is 1. The third-order valence-corrected chi connectivity index (χ3v) is 2.90. The summed E-state index contributed by atoms with van der Waals surface area (Å²) in [4.78, 5) is 14.8. The monoisotopic (exact) mass is 220 g/mol. The van der Waals surface area contributed by atoms with Crippen molar-refractivity contribution in [3.8, 4) is 11.5 Å². The van der Waals surface area contributed by atoms with Crippen LogP contribution in [-0.2, 0) is 0 Å². The van der Waals surface area contributed by atoms with Crippen molar-refractivity contribution in [2.24, 2.45) is 0 Å². The van der Waals surface area contributed by atoms with Crippen molar-refractivity contribution in [2.45, 2.75) is 18.8 Å². The van der Waals surface area contributed by atoms with Crippen LogP contribution in [0.3, 0.4) is 0 Å². The van der Waals surface area contributed by atoms with Gasteiger partial charge in [0.05, 0.1) is 11.5 Å². The molecule has 4 nitrogen and oxygen atoms in total. The third-order valence-electron chi connectivity index (χ3n) is 2.41. The minimum Gasteiger partial charge on any atom is -0.394 e. The molecule has 0 saturated heterocycles. The van der Waals surface area contributed by atoms with Gasteiger partial charge in [-0.05, 0) is 25.0 Å². The van der Waals surface area contributed by atoms with Crippen molar-refractivity contribution < 1.29 is 4.42 Å². The van der Waals surface area contributed by atoms with Crippen molar-refractivity contribution in [2.75, 3.05) is 0 Å². The predicted molar refractivity (Wildman–Crippen MR) is 55.9 cm³/mol. The molecule has 1 fully saturated rings. The zero-order valence-electron chi connectivity index (χ0n) is 7.84. The highest BCUT2D eigenvalue weighted by Crippen LogP contribution is 2.39. The van der Waals surface area contributed by atoms with E-state index in [2.05, 4.69) is 9.36 Å². The normalized spacial score (nSPS) is 15.5. The van der Waals surface area contributed by atoms with Gasteiger partial charge in [0, 0.05) is 23.4 Å². The quantitative estimate of drug-likeness (QED) is 0.777. The number of nitrogens with zero attached hydrogens (tertiary/aromatic N) is 2. The number of hydrogen-bond donors (Lipinski definition) is 0. The van der Waals surface area contributed by atoms with Crippen LogP contribution in [0.2, 0.25) is 0 Å². The van der Waals surface area contributed by atoms with E-state index in [0.29, 0.717) is 11.8 Å². The first kappa shape index (κ1) is 8.79. The third kappa shape index (κ3) is 1.70. The topological polar surface area (TPSA) is 56.0 Å². The number of aromatic nitrogens is 2. The van der Waals surface area contributed by atoms with Gasteiger partial charge in [0.15, 0.2) is 0 Å². The van der Waals surface area contributed by atoms with Crippen molar-refractivity contribution in [3.63, 3.8) is 0 Å². The highest BCUT2D eigenvalue weighted by atomic mass is 32.1. The van der Waals surface area contributed by atoms with Gasteiger partial charge >= 0.3 is 4.94 Å². The molecule has 3 rings (SSSR count). The van der Waals surface area contributed by atoms with Crippen molar-refractivity contribution in [1.29, 1.82) is 0 Å². The summed E-state index contributed by atoms with van der Waals surface area (Å²) in [6, 6.07) is 3.76. The van der Waals surface area contributed by atoms with Crippen molar-refractivity contribution in [1.82, 2.24) is 9.36 Å². The summed E-state index contributed by atoms with van der Waals surface area (Å²) in [7, 11) is 0. The van der Waals surface area contributed by atoms with Gasteiger partial charge in [-0.15, -0.1) is 4.37 Å². The van der Waals surface area contributed by atoms with Crippen LogP contribution in [-0.4, -0.2) is 9.36 Å². The highest BCUT2D eigenvalue weighted by Gasteiger charge is 2.25. The van der Waals surface area contributed by atoms with Crippen LogP contribution in [0.1, 0.15) is 24.5 Å². The van der Waals surface area contributed by atoms with Gasteiger partial charge in [-0.3, -0.25) is 4.98 Å². The first-order valence-electron chi connectivity index (χ1n) is 4.76. The molecule has 0 amide bonds. The molecule has 0 bridgehead atoms. The smallest absolute Gasteiger partial charge is 0.394 e. The van der Waals surface area contributed by atoms with Crippen LogP contribution in [0.5, 0.6) is 0 Å². The molecule has 0 aliphatic heterocycles. The maximum Gasteiger partial charge on any atom is 0.414 e. The van der Waals surface area contributed by atoms with Crippen molar-refractivity contribution >= 4 is 11.5 Å². The van der Waals surface area contributed by atoms with Crippen LogP contribution >= 0.6 is 11.5 Å². The predicted octanol–water partition coefficient (Wildman–Crippen LogP) is 2.04. The molecular weight excluding hydrogens is 212 g/mol. The summed E-state index contributed by atoms with van der Waals surface area (Å²) in [6.07, 6.45) is 4.15. The van der Waals surface area contributed by atoms with Gasteiger partial charge < -0.3 is 4.42 Å². The molecule has 0 radical (unpaired) electrons. The van der Waals surface area contributed by atoms with Gasteiger partial charge in [0.2, 0.25) is 5.89 Å². The fourth-order valence-corrected chi connectivity index (χ4v) is 1.91. The minimum atomic E-state index is -0.366. The molecule has 1 aliphatic rings. The minimum absolute atomic E-state index is 0.366. The van der Waals surface area contributed by atoms with E-state index < -0.39 is 0 Å². The van der Waals surface area contributed by atoms with E-state index in [-0.39, 0.29) is 4.94 Å². The van der Waals surface area contributed by atoms with E-state index in [1.165, 1.54) is 12.8 Å². The second-order valence-corrected chi connectivity index (χ2v) is 4.28. The fourth-order valence-electron chi connectivity index (χ4n) is 1.49. The van der Waals surface area contributed by atoms with Crippen LogP contribution in [0.15, 0.2) is 27.5 Å². The zero-order chi connectivity index (χ0) is 10.3. The SMILES string of the molecule is O=c1oc(-c2ccnc(C3CC3)c2)ns1. The van der Waals surface area contributed by atoms with E-state index in [4.69, 9.17) is 4.42 Å². The Bertz CT molecular complexity index is 542. The summed E-state index contributed by atoms with van der Waals surface area (Å²) in [5.41, 5.74) is 1.91. The van der Waals surface area contributed by atoms with Gasteiger partial charge in [0.25, 0.3) is 0 Å². The maximum atomic E-state index is 10.9. The zero-order valence-corrected chi connectivity index (χ0v) is 8.66. The summed E-state index contributed by atoms with van der Waals surface area (Å²) < 4.78 is 8.89. The van der Waals surface area contributed by atoms with E-state index in [9.17, 15) is 4.79 Å². The summed E-state index contributed by atoms with van der Waals surface area (Å²) in [6.45, 7) is 0. The molecule has 0 atom stereocenters. The van der Waals surface area contributed by atoms with Gasteiger partial charge in [-0.2, -0.15) is 0 Å². The molecule has 0 spiro atoms. The molecule has 76 valence electrons. The fraction of sp³-hybridized carbons (Fsp3) is 0.300. The lowest BCUT2D eigenvalue weighted by atomic mass is 10.2. The van der Waals surface area contributed by atoms with Crippen LogP contribution < -0.4 is 4.94 Å². The molecule has 1 saturated carbocycles. The Balaban J connectivity index is 2.04. The molecule has 5 heteroatoms. The molecule has 0 aromatic carbocycles. The second kappa shape index (κ2) is 3.27. The van der Waals surface area contributed by atoms with Crippen LogP contribution in [0.25, 0.3) is 11.5 Å². The Morgan fingerprint density at radius 1 is 1.47 bits per heavy atom. The molecule has 0 unspecified atom stereocenters. The Kier molecular flexibility index (Phi) is 1.92. The number of rotatable bonds is 2. The highest BCUT2D eigenvalue weighted by molar-refractivity contribution is 7.02. The Morgan fingerprint density at radius 3 is 3.00 bits per heavy atom. The molecule has 2 aromatic rings. The van der Waals surface area contributed by atoms with Gasteiger partial charge in [0.1, 0.15) is 0 Å². The molecular formula is C10H8N2O2S. The molecule has 0 N–H and O–H groups in total. The first-order valence-corrected chi connectivity index (χ1v) is 5.53. The average molecular weight is 220 g/mol. The van der Waals surface area contributed by atoms with Crippen molar-refractivity contribution in [3.05, 3.63) is 33.8 Å². The second-order valence-electron chi connectivity index (χ2n) is 3.58. The lowest BCUT2D eigenvalue weighted by Gasteiger charge is -1.98. The average Bonchev–Trinajstić information content (AvgIpc) is 3.02. The first-order chi connectivity index (χ1) is 7.33. The molecule has 15 heavy (non-hydrogen) atoms. The van der Waals surface area contributed by atoms with Gasteiger partial charge in [-0.25, -0.2) is 4.79 Å². The lowest BCUT2D eigenvalue weighted by molar-refractivity contribution is 0.543. The molecule has 2 heterocycles. The van der Waals surface area contributed by atoms with E-state index in [1.807, 2.05) is 12.1 Å². The Labute approximate surface area is 89.8 Å². The lowest BCUT2D eigenvalue weighted by Crippen LogP contribution is -1.87. The largest absolute Gasteiger partial charge is 0.414 e. The molecule has 1 aliphatic carbocycles. The Hall–Kier alpha value is -1.49. The Morgan fingerprint density at radius 2 is 2.33 bits per heavy atom. The summed E-state index contributed by atoms with van der Waals surface area (Å²) >= 11 is 0.836. The maximum absolute atomic E-state index is 10.9. The van der Waals surface area contributed by atoms with E-state index in [1.54, 1.807) is 6.20 Å². The van der Waals surface area contributed by atoms with Gasteiger partial charge in [-0.1, -0.05) is 0 Å². The van der Waals surface area contributed by atoms with E-state index >= 15 is 0 Å². The van der Waals surface area contributed by atoms with Crippen LogP contribution in [0, 0.1) is 0 Å². The van der Waals surface area contributed by atoms with Crippen LogP contribution in [0.4, 0.5) is 0 Å². The molecule has 2 aromatic heterocycles. The summed E-state index contributed by atoms with van der Waals surface area (Å²) in [5.74, 6) is 0.990. The summed E-state index contributed by atoms with van der Waals surface area (Å²) in [5, 5.41) is 0. The number of hydrogen-bond acceptors (Lipinski definition) is 5. The van der Waals surface area contributed by atoms with E-state index in [0.717, 1.165) is 22.8 Å².